The van der Waals surface area contributed by atoms with Crippen LogP contribution in [-0.4, -0.2) is 46.6 Å². The maximum Gasteiger partial charge on any atom is 0.254 e. The molecule has 0 aliphatic carbocycles. The number of carbonyl (C=O) groups is 1. The molecule has 6 heteroatoms. The van der Waals surface area contributed by atoms with Gasteiger partial charge in [-0.15, -0.1) is 0 Å². The molecule has 1 amide bonds. The molecule has 2 N–H and O–H groups in total. The lowest BCUT2D eigenvalue weighted by Crippen LogP contribution is -2.47. The molecule has 1 fully saturated rings. The number of ether oxygens (including phenoxy) is 1. The van der Waals surface area contributed by atoms with Crippen LogP contribution in [0.3, 0.4) is 0 Å². The van der Waals surface area contributed by atoms with E-state index in [1.54, 1.807) is 6.20 Å². The number of carbonyl (C=O) groups excluding carboxylic acids is 1. The van der Waals surface area contributed by atoms with E-state index in [-0.39, 0.29) is 12.0 Å². The van der Waals surface area contributed by atoms with Gasteiger partial charge >= 0.3 is 0 Å². The summed E-state index contributed by atoms with van der Waals surface area (Å²) >= 11 is 0. The summed E-state index contributed by atoms with van der Waals surface area (Å²) in [5, 5.41) is 0. The van der Waals surface area contributed by atoms with Gasteiger partial charge in [-0.3, -0.25) is 9.78 Å². The van der Waals surface area contributed by atoms with E-state index in [0.717, 1.165) is 5.56 Å². The number of anilines is 1. The van der Waals surface area contributed by atoms with Crippen molar-refractivity contribution in [1.29, 1.82) is 0 Å². The first-order valence-corrected chi connectivity index (χ1v) is 8.13. The van der Waals surface area contributed by atoms with Crippen LogP contribution in [-0.2, 0) is 4.74 Å². The molecule has 1 aliphatic heterocycles. The second-order valence-corrected chi connectivity index (χ2v) is 6.31. The van der Waals surface area contributed by atoms with Crippen molar-refractivity contribution in [2.45, 2.75) is 20.0 Å². The van der Waals surface area contributed by atoms with Crippen molar-refractivity contribution >= 4 is 11.7 Å². The lowest BCUT2D eigenvalue weighted by molar-refractivity contribution is -0.0420. The number of hydrogen-bond donors (Lipinski definition) is 1. The summed E-state index contributed by atoms with van der Waals surface area (Å²) in [7, 11) is 0. The Bertz CT molecular complexity index is 715. The molecule has 126 valence electrons. The molecule has 0 saturated carbocycles. The van der Waals surface area contributed by atoms with E-state index in [1.807, 2.05) is 29.2 Å². The minimum absolute atomic E-state index is 0.0363. The van der Waals surface area contributed by atoms with Crippen LogP contribution in [0.1, 0.15) is 24.2 Å². The van der Waals surface area contributed by atoms with Gasteiger partial charge in [0.2, 0.25) is 0 Å². The molecule has 2 heterocycles. The topological polar surface area (TPSA) is 81.3 Å². The smallest absolute Gasteiger partial charge is 0.254 e. The largest absolute Gasteiger partial charge is 0.382 e. The zero-order chi connectivity index (χ0) is 17.1. The third-order valence-corrected chi connectivity index (χ3v) is 4.21. The number of amides is 1. The number of morpholine rings is 1. The van der Waals surface area contributed by atoms with Crippen molar-refractivity contribution in [3.63, 3.8) is 0 Å². The van der Waals surface area contributed by atoms with E-state index in [4.69, 9.17) is 10.5 Å². The second-order valence-electron chi connectivity index (χ2n) is 6.31. The molecule has 1 saturated heterocycles. The predicted molar refractivity (Wildman–Crippen MR) is 92.4 cm³/mol. The van der Waals surface area contributed by atoms with Crippen LogP contribution in [0.2, 0.25) is 0 Å². The lowest BCUT2D eigenvalue weighted by Gasteiger charge is -2.35. The highest BCUT2D eigenvalue weighted by Gasteiger charge is 2.26. The zero-order valence-electron chi connectivity index (χ0n) is 14.0. The first-order chi connectivity index (χ1) is 11.5. The fraction of sp³-hybridized carbons (Fsp3) is 0.389. The highest BCUT2D eigenvalue weighted by molar-refractivity contribution is 5.94. The van der Waals surface area contributed by atoms with Crippen molar-refractivity contribution < 1.29 is 9.53 Å². The van der Waals surface area contributed by atoms with Gasteiger partial charge in [0.25, 0.3) is 5.91 Å². The fourth-order valence-electron chi connectivity index (χ4n) is 2.75. The Morgan fingerprint density at radius 1 is 1.29 bits per heavy atom. The fourth-order valence-corrected chi connectivity index (χ4v) is 2.75. The molecule has 24 heavy (non-hydrogen) atoms. The van der Waals surface area contributed by atoms with E-state index >= 15 is 0 Å². The van der Waals surface area contributed by atoms with Gasteiger partial charge in [-0.1, -0.05) is 26.0 Å². The Morgan fingerprint density at radius 3 is 2.71 bits per heavy atom. The number of aromatic nitrogens is 2. The van der Waals surface area contributed by atoms with Crippen LogP contribution >= 0.6 is 0 Å². The van der Waals surface area contributed by atoms with Crippen molar-refractivity contribution in [3.05, 3.63) is 42.2 Å². The average Bonchev–Trinajstić information content (AvgIpc) is 2.61. The molecular weight excluding hydrogens is 304 g/mol. The summed E-state index contributed by atoms with van der Waals surface area (Å²) in [6.07, 6.45) is 3.26. The van der Waals surface area contributed by atoms with Gasteiger partial charge in [0.05, 0.1) is 30.8 Å². The summed E-state index contributed by atoms with van der Waals surface area (Å²) in [6.45, 7) is 6.08. The minimum Gasteiger partial charge on any atom is -0.382 e. The van der Waals surface area contributed by atoms with Crippen LogP contribution in [0.5, 0.6) is 0 Å². The van der Waals surface area contributed by atoms with E-state index < -0.39 is 0 Å². The maximum atomic E-state index is 12.7. The molecule has 3 rings (SSSR count). The summed E-state index contributed by atoms with van der Waals surface area (Å²) in [4.78, 5) is 22.8. The van der Waals surface area contributed by atoms with Crippen molar-refractivity contribution in [1.82, 2.24) is 14.9 Å². The number of hydrogen-bond acceptors (Lipinski definition) is 5. The monoisotopic (exact) mass is 326 g/mol. The molecule has 6 nitrogen and oxygen atoms in total. The predicted octanol–water partition coefficient (Wildman–Crippen LogP) is 2.22. The molecule has 1 unspecified atom stereocenters. The molecule has 0 radical (unpaired) electrons. The SMILES string of the molecule is CC(C)C1CN(C(=O)c2ccc(-c3cncc(N)n3)cc2)CCO1. The maximum absolute atomic E-state index is 12.7. The third-order valence-electron chi connectivity index (χ3n) is 4.21. The first kappa shape index (κ1) is 16.4. The number of rotatable bonds is 3. The Balaban J connectivity index is 1.74. The van der Waals surface area contributed by atoms with Crippen LogP contribution in [0.25, 0.3) is 11.3 Å². The molecule has 0 spiro atoms. The van der Waals surface area contributed by atoms with E-state index in [9.17, 15) is 4.79 Å². The van der Waals surface area contributed by atoms with Crippen molar-refractivity contribution in [2.24, 2.45) is 5.92 Å². The van der Waals surface area contributed by atoms with E-state index in [1.165, 1.54) is 6.20 Å². The zero-order valence-corrected chi connectivity index (χ0v) is 14.0. The quantitative estimate of drug-likeness (QED) is 0.935. The van der Waals surface area contributed by atoms with Crippen LogP contribution in [0.15, 0.2) is 36.7 Å². The first-order valence-electron chi connectivity index (χ1n) is 8.13. The van der Waals surface area contributed by atoms with Gasteiger partial charge in [0, 0.05) is 24.2 Å². The Labute approximate surface area is 141 Å². The highest BCUT2D eigenvalue weighted by Crippen LogP contribution is 2.20. The molecule has 0 bridgehead atoms. The lowest BCUT2D eigenvalue weighted by atomic mass is 10.0. The minimum atomic E-state index is 0.0363. The van der Waals surface area contributed by atoms with E-state index in [2.05, 4.69) is 23.8 Å². The normalized spacial score (nSPS) is 18.0. The molecule has 1 atom stereocenters. The molecule has 1 aliphatic rings. The van der Waals surface area contributed by atoms with Crippen molar-refractivity contribution in [3.8, 4) is 11.3 Å². The summed E-state index contributed by atoms with van der Waals surface area (Å²) < 4.78 is 5.72. The molecule has 1 aromatic carbocycles. The standard InChI is InChI=1S/C18H22N4O2/c1-12(2)16-11-22(7-8-24-16)18(23)14-5-3-13(4-6-14)15-9-20-10-17(19)21-15/h3-6,9-10,12,16H,7-8,11H2,1-2H3,(H2,19,21). The molecule has 1 aromatic heterocycles. The molecule has 2 aromatic rings. The van der Waals surface area contributed by atoms with Gasteiger partial charge in [0.1, 0.15) is 5.82 Å². The van der Waals surface area contributed by atoms with E-state index in [0.29, 0.717) is 42.7 Å². The van der Waals surface area contributed by atoms with Crippen molar-refractivity contribution in [2.75, 3.05) is 25.4 Å². The van der Waals surface area contributed by atoms with Gasteiger partial charge < -0.3 is 15.4 Å². The summed E-state index contributed by atoms with van der Waals surface area (Å²) in [5.74, 6) is 0.806. The van der Waals surface area contributed by atoms with Gasteiger partial charge in [-0.2, -0.15) is 0 Å². The van der Waals surface area contributed by atoms with Crippen LogP contribution in [0, 0.1) is 5.92 Å². The second kappa shape index (κ2) is 6.97. The number of nitrogen functional groups attached to an aromatic ring is 1. The summed E-state index contributed by atoms with van der Waals surface area (Å²) in [6, 6.07) is 7.39. The third kappa shape index (κ3) is 3.54. The summed E-state index contributed by atoms with van der Waals surface area (Å²) in [5.41, 5.74) is 7.91. The molecular formula is C18H22N4O2. The van der Waals surface area contributed by atoms with Crippen LogP contribution < -0.4 is 5.73 Å². The number of nitrogens with two attached hydrogens (primary N) is 1. The van der Waals surface area contributed by atoms with Crippen LogP contribution in [0.4, 0.5) is 5.82 Å². The van der Waals surface area contributed by atoms with Gasteiger partial charge in [-0.05, 0) is 18.1 Å². The Kier molecular flexibility index (Phi) is 4.76. The number of nitrogens with zero attached hydrogens (tertiary/aromatic N) is 3. The van der Waals surface area contributed by atoms with Gasteiger partial charge in [0.15, 0.2) is 0 Å². The Morgan fingerprint density at radius 2 is 2.04 bits per heavy atom. The average molecular weight is 326 g/mol. The van der Waals surface area contributed by atoms with Gasteiger partial charge in [-0.25, -0.2) is 4.98 Å². The Hall–Kier alpha value is -2.47. The highest BCUT2D eigenvalue weighted by atomic mass is 16.5. The number of benzene rings is 1.